The molecule has 0 aliphatic heterocycles. The van der Waals surface area contributed by atoms with Gasteiger partial charge in [0.2, 0.25) is 5.76 Å². The Morgan fingerprint density at radius 3 is 2.38 bits per heavy atom. The molecule has 0 aliphatic rings. The maximum absolute atomic E-state index is 12.6. The van der Waals surface area contributed by atoms with Crippen molar-refractivity contribution in [2.24, 2.45) is 0 Å². The zero-order valence-corrected chi connectivity index (χ0v) is 14.2. The summed E-state index contributed by atoms with van der Waals surface area (Å²) in [7, 11) is 0. The van der Waals surface area contributed by atoms with Gasteiger partial charge in [0.15, 0.2) is 0 Å². The molecule has 2 rings (SSSR count). The van der Waals surface area contributed by atoms with Crippen LogP contribution in [0.5, 0.6) is 0 Å². The summed E-state index contributed by atoms with van der Waals surface area (Å²) < 4.78 is 47.7. The molecule has 1 amide bonds. The van der Waals surface area contributed by atoms with Crippen molar-refractivity contribution in [2.45, 2.75) is 26.6 Å². The quantitative estimate of drug-likeness (QED) is 0.730. The summed E-state index contributed by atoms with van der Waals surface area (Å²) >= 11 is 0. The van der Waals surface area contributed by atoms with E-state index in [0.717, 1.165) is 17.0 Å². The van der Waals surface area contributed by atoms with Crippen molar-refractivity contribution in [2.75, 3.05) is 13.2 Å². The number of alkyl halides is 3. The lowest BCUT2D eigenvalue weighted by Crippen LogP contribution is -2.36. The molecule has 140 valence electrons. The van der Waals surface area contributed by atoms with Crippen LogP contribution in [0.1, 0.15) is 34.3 Å². The first-order valence-corrected chi connectivity index (χ1v) is 7.75. The van der Waals surface area contributed by atoms with Crippen LogP contribution in [0.2, 0.25) is 0 Å². The highest BCUT2D eigenvalue weighted by Crippen LogP contribution is 2.29. The van der Waals surface area contributed by atoms with Gasteiger partial charge in [-0.25, -0.2) is 0 Å². The Labute approximate surface area is 147 Å². The average molecular weight is 370 g/mol. The van der Waals surface area contributed by atoms with E-state index in [1.807, 2.05) is 0 Å². The second-order valence-electron chi connectivity index (χ2n) is 5.49. The molecule has 0 fully saturated rings. The third-order valence-corrected chi connectivity index (χ3v) is 3.41. The van der Waals surface area contributed by atoms with Crippen LogP contribution in [0.3, 0.4) is 0 Å². The molecule has 0 bridgehead atoms. The summed E-state index contributed by atoms with van der Waals surface area (Å²) in [6.07, 6.45) is -4.45. The highest BCUT2D eigenvalue weighted by atomic mass is 19.4. The number of hydrogen-bond donors (Lipinski definition) is 0. The van der Waals surface area contributed by atoms with E-state index in [9.17, 15) is 22.8 Å². The lowest BCUT2D eigenvalue weighted by Gasteiger charge is -2.20. The molecule has 0 spiro atoms. The summed E-state index contributed by atoms with van der Waals surface area (Å²) in [6, 6.07) is 5.74. The highest BCUT2D eigenvalue weighted by Gasteiger charge is 2.30. The number of esters is 1. The van der Waals surface area contributed by atoms with E-state index in [-0.39, 0.29) is 25.5 Å². The fourth-order valence-corrected chi connectivity index (χ4v) is 2.20. The molecule has 2 aromatic rings. The second-order valence-corrected chi connectivity index (χ2v) is 5.49. The molecular formula is C17H17F3N2O4. The van der Waals surface area contributed by atoms with Gasteiger partial charge in [0.1, 0.15) is 6.54 Å². The number of ether oxygens (including phenoxy) is 1. The first-order valence-electron chi connectivity index (χ1n) is 7.75. The molecule has 1 aromatic heterocycles. The Hall–Kier alpha value is -2.84. The summed E-state index contributed by atoms with van der Waals surface area (Å²) in [5, 5.41) is 3.62. The topological polar surface area (TPSA) is 72.6 Å². The number of carbonyl (C=O) groups excluding carboxylic acids is 2. The molecule has 0 saturated carbocycles. The first kappa shape index (κ1) is 19.5. The van der Waals surface area contributed by atoms with Crippen molar-refractivity contribution >= 4 is 11.9 Å². The molecule has 9 heteroatoms. The third kappa shape index (κ3) is 5.08. The fourth-order valence-electron chi connectivity index (χ4n) is 2.20. The van der Waals surface area contributed by atoms with Gasteiger partial charge < -0.3 is 14.2 Å². The van der Waals surface area contributed by atoms with Crippen LogP contribution in [-0.4, -0.2) is 35.1 Å². The molecule has 0 N–H and O–H groups in total. The van der Waals surface area contributed by atoms with Gasteiger partial charge in [0.25, 0.3) is 5.91 Å². The van der Waals surface area contributed by atoms with Crippen molar-refractivity contribution in [1.29, 1.82) is 0 Å². The van der Waals surface area contributed by atoms with Gasteiger partial charge in [0.05, 0.1) is 17.9 Å². The zero-order valence-electron chi connectivity index (χ0n) is 14.2. The zero-order chi connectivity index (χ0) is 19.3. The van der Waals surface area contributed by atoms with Crippen molar-refractivity contribution in [3.63, 3.8) is 0 Å². The summed E-state index contributed by atoms with van der Waals surface area (Å²) in [5.74, 6) is -1.32. The minimum atomic E-state index is -4.45. The number of amides is 1. The predicted molar refractivity (Wildman–Crippen MR) is 84.1 cm³/mol. The number of halogens is 3. The van der Waals surface area contributed by atoms with Crippen LogP contribution in [-0.2, 0) is 22.3 Å². The largest absolute Gasteiger partial charge is 0.465 e. The Bertz CT molecular complexity index is 769. The standard InChI is InChI=1S/C17H17F3N2O4/c1-3-25-15(23)10-22(16(24)14-8-11(2)21-26-14)9-12-4-6-13(7-5-12)17(18,19)20/h4-8H,3,9-10H2,1-2H3. The van der Waals surface area contributed by atoms with Gasteiger partial charge in [-0.3, -0.25) is 9.59 Å². The first-order chi connectivity index (χ1) is 12.2. The SMILES string of the molecule is CCOC(=O)CN(Cc1ccc(C(F)(F)F)cc1)C(=O)c1cc(C)no1. The summed E-state index contributed by atoms with van der Waals surface area (Å²) in [4.78, 5) is 25.4. The summed E-state index contributed by atoms with van der Waals surface area (Å²) in [5.41, 5.74) is 0.112. The van der Waals surface area contributed by atoms with Gasteiger partial charge in [-0.15, -0.1) is 0 Å². The Morgan fingerprint density at radius 2 is 1.88 bits per heavy atom. The molecule has 0 radical (unpaired) electrons. The van der Waals surface area contributed by atoms with E-state index in [1.54, 1.807) is 13.8 Å². The van der Waals surface area contributed by atoms with Gasteiger partial charge in [-0.1, -0.05) is 17.3 Å². The molecular weight excluding hydrogens is 353 g/mol. The number of nitrogens with zero attached hydrogens (tertiary/aromatic N) is 2. The Morgan fingerprint density at radius 1 is 1.23 bits per heavy atom. The van der Waals surface area contributed by atoms with Gasteiger partial charge in [-0.05, 0) is 31.5 Å². The second kappa shape index (κ2) is 8.03. The molecule has 0 unspecified atom stereocenters. The number of aryl methyl sites for hydroxylation is 1. The number of benzene rings is 1. The number of hydrogen-bond acceptors (Lipinski definition) is 5. The van der Waals surface area contributed by atoms with Crippen molar-refractivity contribution < 1.29 is 32.0 Å². The lowest BCUT2D eigenvalue weighted by molar-refractivity contribution is -0.144. The van der Waals surface area contributed by atoms with Crippen molar-refractivity contribution in [3.05, 3.63) is 52.9 Å². The van der Waals surface area contributed by atoms with E-state index in [0.29, 0.717) is 11.3 Å². The lowest BCUT2D eigenvalue weighted by atomic mass is 10.1. The minimum Gasteiger partial charge on any atom is -0.465 e. The van der Waals surface area contributed by atoms with Gasteiger partial charge in [0, 0.05) is 12.6 Å². The number of rotatable bonds is 6. The smallest absolute Gasteiger partial charge is 0.416 e. The Kier molecular flexibility index (Phi) is 6.01. The minimum absolute atomic E-state index is 0.0706. The predicted octanol–water partition coefficient (Wildman–Crippen LogP) is 3.21. The molecule has 26 heavy (non-hydrogen) atoms. The average Bonchev–Trinajstić information content (AvgIpc) is 3.00. The van der Waals surface area contributed by atoms with Crippen LogP contribution in [0.15, 0.2) is 34.9 Å². The van der Waals surface area contributed by atoms with E-state index in [4.69, 9.17) is 9.26 Å². The van der Waals surface area contributed by atoms with Crippen LogP contribution >= 0.6 is 0 Å². The van der Waals surface area contributed by atoms with Gasteiger partial charge in [-0.2, -0.15) is 13.2 Å². The normalized spacial score (nSPS) is 11.3. The van der Waals surface area contributed by atoms with Crippen LogP contribution in [0, 0.1) is 6.92 Å². The number of carbonyl (C=O) groups is 2. The monoisotopic (exact) mass is 370 g/mol. The van der Waals surface area contributed by atoms with Crippen LogP contribution in [0.25, 0.3) is 0 Å². The molecule has 1 aromatic carbocycles. The summed E-state index contributed by atoms with van der Waals surface area (Å²) in [6.45, 7) is 2.94. The fraction of sp³-hybridized carbons (Fsp3) is 0.353. The highest BCUT2D eigenvalue weighted by molar-refractivity contribution is 5.93. The van der Waals surface area contributed by atoms with E-state index in [1.165, 1.54) is 18.2 Å². The van der Waals surface area contributed by atoms with E-state index >= 15 is 0 Å². The van der Waals surface area contributed by atoms with Crippen molar-refractivity contribution in [1.82, 2.24) is 10.1 Å². The van der Waals surface area contributed by atoms with Crippen LogP contribution in [0.4, 0.5) is 13.2 Å². The number of aromatic nitrogens is 1. The molecule has 0 aliphatic carbocycles. The molecule has 1 heterocycles. The van der Waals surface area contributed by atoms with Gasteiger partial charge >= 0.3 is 12.1 Å². The Balaban J connectivity index is 2.20. The van der Waals surface area contributed by atoms with E-state index in [2.05, 4.69) is 5.16 Å². The van der Waals surface area contributed by atoms with E-state index < -0.39 is 23.6 Å². The van der Waals surface area contributed by atoms with Crippen molar-refractivity contribution in [3.8, 4) is 0 Å². The maximum atomic E-state index is 12.6. The van der Waals surface area contributed by atoms with Crippen LogP contribution < -0.4 is 0 Å². The third-order valence-electron chi connectivity index (χ3n) is 3.41. The maximum Gasteiger partial charge on any atom is 0.416 e. The molecule has 0 saturated heterocycles. The molecule has 6 nitrogen and oxygen atoms in total. The molecule has 0 atom stereocenters.